The molecule has 406 valence electrons. The highest BCUT2D eigenvalue weighted by molar-refractivity contribution is 7.00. The third-order valence-corrected chi connectivity index (χ3v) is 18.1. The molecule has 4 heterocycles. The average Bonchev–Trinajstić information content (AvgIpc) is 1.43. The standard InChI is InChI=1S/C80H62BN3O/c1-5-6-25-57-44-66-63-36-21-24-39-76(63)85-77(66)51-72(57)83-71-43-40-56(52-26-11-7-12-27-52)47-68(71)81-67-42-41-60(82-69-37-22-19-34-61(69)62-35-20-23-38-70(62)82)50-73(67)84(75-49-59(80(2,3)4)48-74(83)78(75)81)79-64(54-30-15-9-16-31-54)45-58(53-28-13-8-14-29-53)46-65(79)55-32-17-10-18-33-55/h7-24,26-51H,5-6,25H2,1-4H3. The third-order valence-electron chi connectivity index (χ3n) is 18.1. The maximum atomic E-state index is 6.88. The van der Waals surface area contributed by atoms with Gasteiger partial charge in [-0.15, -0.1) is 0 Å². The number of hydrogen-bond acceptors (Lipinski definition) is 3. The highest BCUT2D eigenvalue weighted by atomic mass is 16.3. The van der Waals surface area contributed by atoms with Gasteiger partial charge in [0.15, 0.2) is 0 Å². The van der Waals surface area contributed by atoms with E-state index in [4.69, 9.17) is 4.42 Å². The van der Waals surface area contributed by atoms with Gasteiger partial charge in [0.1, 0.15) is 11.2 Å². The van der Waals surface area contributed by atoms with E-state index >= 15 is 0 Å². The van der Waals surface area contributed by atoms with Crippen molar-refractivity contribution in [1.29, 1.82) is 0 Å². The fourth-order valence-electron chi connectivity index (χ4n) is 14.0. The Labute approximate surface area is 497 Å². The van der Waals surface area contributed by atoms with Crippen molar-refractivity contribution in [3.63, 3.8) is 0 Å². The summed E-state index contributed by atoms with van der Waals surface area (Å²) in [5, 5.41) is 4.78. The Morgan fingerprint density at radius 2 is 0.941 bits per heavy atom. The Kier molecular flexibility index (Phi) is 12.0. The van der Waals surface area contributed by atoms with Gasteiger partial charge in [0, 0.05) is 67.2 Å². The minimum Gasteiger partial charge on any atom is -0.456 e. The van der Waals surface area contributed by atoms with E-state index in [0.29, 0.717) is 0 Å². The van der Waals surface area contributed by atoms with Crippen molar-refractivity contribution in [2.45, 2.75) is 52.4 Å². The number of hydrogen-bond donors (Lipinski definition) is 0. The minimum absolute atomic E-state index is 0.162. The monoisotopic (exact) mass is 1090 g/mol. The number of aryl methyl sites for hydroxylation is 1. The molecule has 85 heavy (non-hydrogen) atoms. The molecule has 0 unspecified atom stereocenters. The molecule has 0 aliphatic carbocycles. The second-order valence-corrected chi connectivity index (χ2v) is 24.2. The van der Waals surface area contributed by atoms with Crippen LogP contribution in [0.3, 0.4) is 0 Å². The average molecular weight is 1090 g/mol. The first-order valence-electron chi connectivity index (χ1n) is 30.2. The fraction of sp³-hybridized carbons (Fsp3) is 0.100. The maximum absolute atomic E-state index is 6.88. The van der Waals surface area contributed by atoms with Gasteiger partial charge in [-0.3, -0.25) is 0 Å². The summed E-state index contributed by atoms with van der Waals surface area (Å²) in [6, 6.07) is 99.8. The van der Waals surface area contributed by atoms with Crippen LogP contribution in [0.25, 0.3) is 93.9 Å². The van der Waals surface area contributed by atoms with Gasteiger partial charge in [-0.25, -0.2) is 0 Å². The number of nitrogens with zero attached hydrogens (tertiary/aromatic N) is 3. The molecule has 0 bridgehead atoms. The molecule has 0 radical (unpaired) electrons. The van der Waals surface area contributed by atoms with E-state index in [2.05, 4.69) is 309 Å². The van der Waals surface area contributed by atoms with Gasteiger partial charge in [-0.05, 0) is 146 Å². The fourth-order valence-corrected chi connectivity index (χ4v) is 14.0. The lowest BCUT2D eigenvalue weighted by Crippen LogP contribution is -2.61. The van der Waals surface area contributed by atoms with Gasteiger partial charge in [0.2, 0.25) is 0 Å². The van der Waals surface area contributed by atoms with Crippen LogP contribution in [0.15, 0.2) is 271 Å². The predicted molar refractivity (Wildman–Crippen MR) is 361 cm³/mol. The Morgan fingerprint density at radius 3 is 1.55 bits per heavy atom. The van der Waals surface area contributed by atoms with Gasteiger partial charge in [0.05, 0.1) is 22.4 Å². The molecule has 0 amide bonds. The Bertz CT molecular complexity index is 4810. The lowest BCUT2D eigenvalue weighted by atomic mass is 9.33. The van der Waals surface area contributed by atoms with Crippen molar-refractivity contribution >= 4 is 101 Å². The first-order chi connectivity index (χ1) is 41.8. The summed E-state index contributed by atoms with van der Waals surface area (Å²) < 4.78 is 9.37. The van der Waals surface area contributed by atoms with Crippen LogP contribution in [0.2, 0.25) is 0 Å². The molecule has 2 aliphatic heterocycles. The second kappa shape index (κ2) is 20.1. The first-order valence-corrected chi connectivity index (χ1v) is 30.2. The lowest BCUT2D eigenvalue weighted by Gasteiger charge is -2.46. The summed E-state index contributed by atoms with van der Waals surface area (Å²) in [6.45, 7) is 9.27. The Morgan fingerprint density at radius 1 is 0.388 bits per heavy atom. The second-order valence-electron chi connectivity index (χ2n) is 24.2. The highest BCUT2D eigenvalue weighted by Gasteiger charge is 2.46. The zero-order chi connectivity index (χ0) is 56.9. The quantitative estimate of drug-likeness (QED) is 0.128. The number of anilines is 6. The van der Waals surface area contributed by atoms with Crippen LogP contribution in [0, 0.1) is 0 Å². The van der Waals surface area contributed by atoms with Crippen molar-refractivity contribution in [2.75, 3.05) is 9.80 Å². The van der Waals surface area contributed by atoms with E-state index < -0.39 is 0 Å². The zero-order valence-electron chi connectivity index (χ0n) is 48.4. The van der Waals surface area contributed by atoms with Gasteiger partial charge in [-0.1, -0.05) is 228 Å². The molecular weight excluding hydrogens is 1030 g/mol. The van der Waals surface area contributed by atoms with Crippen molar-refractivity contribution < 1.29 is 4.42 Å². The molecule has 5 heteroatoms. The zero-order valence-corrected chi connectivity index (χ0v) is 48.4. The number of benzene rings is 12. The summed E-state index contributed by atoms with van der Waals surface area (Å²) in [5.41, 5.74) is 27.6. The van der Waals surface area contributed by atoms with Crippen molar-refractivity contribution in [2.24, 2.45) is 0 Å². The number of rotatable bonds is 10. The van der Waals surface area contributed by atoms with E-state index in [-0.39, 0.29) is 12.1 Å². The number of unbranched alkanes of at least 4 members (excludes halogenated alkanes) is 1. The van der Waals surface area contributed by atoms with Crippen LogP contribution in [0.5, 0.6) is 0 Å². The van der Waals surface area contributed by atoms with E-state index in [0.717, 1.165) is 91.8 Å². The van der Waals surface area contributed by atoms with Crippen molar-refractivity contribution in [3.05, 3.63) is 278 Å². The molecule has 0 fully saturated rings. The summed E-state index contributed by atoms with van der Waals surface area (Å²) in [5.74, 6) is 0. The van der Waals surface area contributed by atoms with Crippen LogP contribution in [0.4, 0.5) is 34.1 Å². The smallest absolute Gasteiger partial charge is 0.252 e. The molecule has 14 aromatic rings. The van der Waals surface area contributed by atoms with E-state index in [1.165, 1.54) is 83.1 Å². The third kappa shape index (κ3) is 8.27. The summed E-state index contributed by atoms with van der Waals surface area (Å²) in [7, 11) is 0. The normalized spacial score (nSPS) is 12.8. The summed E-state index contributed by atoms with van der Waals surface area (Å²) in [4.78, 5) is 5.33. The number of para-hydroxylation sites is 3. The van der Waals surface area contributed by atoms with Gasteiger partial charge >= 0.3 is 0 Å². The van der Waals surface area contributed by atoms with E-state index in [9.17, 15) is 0 Å². The number of fused-ring (bicyclic) bond motifs is 10. The van der Waals surface area contributed by atoms with Crippen LogP contribution in [-0.2, 0) is 11.8 Å². The Hall–Kier alpha value is -10.1. The summed E-state index contributed by atoms with van der Waals surface area (Å²) >= 11 is 0. The van der Waals surface area contributed by atoms with Crippen LogP contribution >= 0.6 is 0 Å². The molecule has 0 saturated carbocycles. The van der Waals surface area contributed by atoms with Crippen LogP contribution < -0.4 is 26.2 Å². The molecule has 12 aromatic carbocycles. The SMILES string of the molecule is CCCCc1cc2c(cc1N1c3ccc(-c4ccccc4)cc3B3c4ccc(-n5c6ccccc6c6ccccc65)cc4N(c4c(-c5ccccc5)cc(-c5ccccc5)cc4-c4ccccc4)c4cc(C(C)(C)C)cc1c43)oc1ccccc12. The molecule has 0 spiro atoms. The number of furan rings is 1. The van der Waals surface area contributed by atoms with E-state index in [1.54, 1.807) is 0 Å². The molecular formula is C80H62BN3O. The molecule has 4 nitrogen and oxygen atoms in total. The molecule has 0 atom stereocenters. The molecule has 2 aliphatic rings. The van der Waals surface area contributed by atoms with Crippen molar-refractivity contribution in [1.82, 2.24) is 4.57 Å². The molecule has 0 N–H and O–H groups in total. The lowest BCUT2D eigenvalue weighted by molar-refractivity contribution is 0.590. The van der Waals surface area contributed by atoms with Crippen LogP contribution in [0.1, 0.15) is 51.7 Å². The number of aromatic nitrogens is 1. The maximum Gasteiger partial charge on any atom is 0.252 e. The molecule has 16 rings (SSSR count). The van der Waals surface area contributed by atoms with Gasteiger partial charge in [0.25, 0.3) is 6.71 Å². The first kappa shape index (κ1) is 50.6. The van der Waals surface area contributed by atoms with Gasteiger partial charge < -0.3 is 18.8 Å². The largest absolute Gasteiger partial charge is 0.456 e. The minimum atomic E-state index is -0.254. The van der Waals surface area contributed by atoms with E-state index in [1.807, 2.05) is 0 Å². The topological polar surface area (TPSA) is 24.6 Å². The molecule has 2 aromatic heterocycles. The predicted octanol–water partition coefficient (Wildman–Crippen LogP) is 20.1. The highest BCUT2D eigenvalue weighted by Crippen LogP contribution is 2.53. The van der Waals surface area contributed by atoms with Crippen LogP contribution in [-0.4, -0.2) is 11.3 Å². The van der Waals surface area contributed by atoms with Crippen molar-refractivity contribution in [3.8, 4) is 50.2 Å². The molecule has 0 saturated heterocycles. The van der Waals surface area contributed by atoms with Gasteiger partial charge in [-0.2, -0.15) is 0 Å². The Balaban J connectivity index is 1.08. The summed E-state index contributed by atoms with van der Waals surface area (Å²) in [6.07, 6.45) is 3.06.